The van der Waals surface area contributed by atoms with E-state index in [0.717, 1.165) is 18.6 Å². The third-order valence-electron chi connectivity index (χ3n) is 4.06. The minimum absolute atomic E-state index is 0.151. The summed E-state index contributed by atoms with van der Waals surface area (Å²) in [7, 11) is -3.44. The minimum atomic E-state index is -4.61. The highest BCUT2D eigenvalue weighted by Crippen LogP contribution is 2.29. The summed E-state index contributed by atoms with van der Waals surface area (Å²) in [5, 5.41) is 0. The number of hydrogen-bond donors (Lipinski definition) is 1. The molecular weight excluding hydrogens is 435 g/mol. The standard InChI is InChI=1S/C18H14F3N7O2S/c1-31(29,30)26-12-3-2-7-27(8-5-12)15-4-6-22-17(25-15)13-9-24-16-10-23-14(11-28(13)16)18(19,20)21/h2-11,26H,1H3. The Bertz CT molecular complexity index is 1340. The van der Waals surface area contributed by atoms with Crippen molar-refractivity contribution in [1.29, 1.82) is 0 Å². The molecule has 160 valence electrons. The largest absolute Gasteiger partial charge is 0.434 e. The van der Waals surface area contributed by atoms with Gasteiger partial charge in [-0.2, -0.15) is 13.2 Å². The quantitative estimate of drug-likeness (QED) is 0.652. The maximum atomic E-state index is 13.0. The second-order valence-electron chi connectivity index (χ2n) is 6.44. The molecular formula is C18H14F3N7O2S. The van der Waals surface area contributed by atoms with Crippen molar-refractivity contribution in [3.63, 3.8) is 0 Å². The molecule has 4 heterocycles. The summed E-state index contributed by atoms with van der Waals surface area (Å²) in [5.41, 5.74) is -0.243. The normalized spacial score (nSPS) is 14.6. The van der Waals surface area contributed by atoms with E-state index in [1.807, 2.05) is 0 Å². The number of alkyl halides is 3. The summed E-state index contributed by atoms with van der Waals surface area (Å²) in [4.78, 5) is 17.6. The van der Waals surface area contributed by atoms with E-state index in [1.54, 1.807) is 41.6 Å². The Balaban J connectivity index is 1.68. The molecule has 1 aliphatic heterocycles. The van der Waals surface area contributed by atoms with Gasteiger partial charge in [0.15, 0.2) is 17.2 Å². The molecule has 1 N–H and O–H groups in total. The number of halogens is 3. The molecule has 0 aromatic carbocycles. The van der Waals surface area contributed by atoms with Crippen LogP contribution in [-0.2, 0) is 16.2 Å². The van der Waals surface area contributed by atoms with Crippen LogP contribution in [0.25, 0.3) is 17.2 Å². The number of fused-ring (bicyclic) bond motifs is 1. The van der Waals surface area contributed by atoms with Gasteiger partial charge in [-0.25, -0.2) is 28.4 Å². The van der Waals surface area contributed by atoms with Crippen molar-refractivity contribution in [2.45, 2.75) is 6.18 Å². The smallest absolute Gasteiger partial charge is 0.308 e. The molecule has 3 aromatic heterocycles. The first kappa shape index (κ1) is 20.5. The van der Waals surface area contributed by atoms with Crippen molar-refractivity contribution < 1.29 is 21.6 Å². The van der Waals surface area contributed by atoms with Crippen molar-refractivity contribution in [3.05, 3.63) is 72.9 Å². The number of allylic oxidation sites excluding steroid dienone is 3. The fourth-order valence-corrected chi connectivity index (χ4v) is 3.32. The molecule has 0 radical (unpaired) electrons. The van der Waals surface area contributed by atoms with Crippen LogP contribution in [0.1, 0.15) is 5.69 Å². The third-order valence-corrected chi connectivity index (χ3v) is 4.67. The van der Waals surface area contributed by atoms with Crippen LogP contribution < -0.4 is 9.62 Å². The van der Waals surface area contributed by atoms with Gasteiger partial charge in [-0.3, -0.25) is 9.12 Å². The van der Waals surface area contributed by atoms with Gasteiger partial charge in [-0.1, -0.05) is 0 Å². The van der Waals surface area contributed by atoms with Crippen LogP contribution in [0.4, 0.5) is 19.0 Å². The lowest BCUT2D eigenvalue weighted by atomic mass is 10.4. The summed E-state index contributed by atoms with van der Waals surface area (Å²) in [6.45, 7) is 0. The van der Waals surface area contributed by atoms with Crippen LogP contribution >= 0.6 is 0 Å². The number of hydrogen-bond acceptors (Lipinski definition) is 7. The average Bonchev–Trinajstić information content (AvgIpc) is 2.98. The summed E-state index contributed by atoms with van der Waals surface area (Å²) < 4.78 is 65.5. The van der Waals surface area contributed by atoms with Crippen molar-refractivity contribution >= 4 is 21.5 Å². The van der Waals surface area contributed by atoms with Crippen LogP contribution in [0, 0.1) is 0 Å². The number of rotatable bonds is 4. The summed E-state index contributed by atoms with van der Waals surface area (Å²) in [5.74, 6) is 0.560. The zero-order chi connectivity index (χ0) is 22.2. The van der Waals surface area contributed by atoms with Crippen molar-refractivity contribution in [2.24, 2.45) is 0 Å². The monoisotopic (exact) mass is 449 g/mol. The van der Waals surface area contributed by atoms with Crippen molar-refractivity contribution in [1.82, 2.24) is 29.1 Å². The van der Waals surface area contributed by atoms with E-state index in [2.05, 4.69) is 24.7 Å². The molecule has 0 fully saturated rings. The lowest BCUT2D eigenvalue weighted by Gasteiger charge is -2.14. The number of nitrogens with zero attached hydrogens (tertiary/aromatic N) is 6. The molecule has 0 spiro atoms. The fourth-order valence-electron chi connectivity index (χ4n) is 2.76. The second kappa shape index (κ2) is 7.50. The van der Waals surface area contributed by atoms with Gasteiger partial charge in [0, 0.05) is 30.5 Å². The molecule has 3 aromatic rings. The van der Waals surface area contributed by atoms with Crippen LogP contribution in [0.2, 0.25) is 0 Å². The molecule has 0 saturated carbocycles. The zero-order valence-electron chi connectivity index (χ0n) is 15.8. The molecule has 31 heavy (non-hydrogen) atoms. The van der Waals surface area contributed by atoms with E-state index in [1.165, 1.54) is 16.8 Å². The van der Waals surface area contributed by atoms with E-state index in [4.69, 9.17) is 0 Å². The van der Waals surface area contributed by atoms with E-state index >= 15 is 0 Å². The maximum Gasteiger partial charge on any atom is 0.434 e. The van der Waals surface area contributed by atoms with Crippen LogP contribution in [-0.4, -0.2) is 39.0 Å². The first-order valence-corrected chi connectivity index (χ1v) is 10.6. The second-order valence-corrected chi connectivity index (χ2v) is 8.19. The van der Waals surface area contributed by atoms with Gasteiger partial charge in [0.2, 0.25) is 10.0 Å². The highest BCUT2D eigenvalue weighted by atomic mass is 32.2. The number of sulfonamides is 1. The van der Waals surface area contributed by atoms with Gasteiger partial charge in [0.25, 0.3) is 0 Å². The molecule has 0 bridgehead atoms. The van der Waals surface area contributed by atoms with Gasteiger partial charge in [0.05, 0.1) is 18.6 Å². The van der Waals surface area contributed by atoms with E-state index in [-0.39, 0.29) is 17.2 Å². The van der Waals surface area contributed by atoms with Gasteiger partial charge < -0.3 is 4.90 Å². The summed E-state index contributed by atoms with van der Waals surface area (Å²) >= 11 is 0. The lowest BCUT2D eigenvalue weighted by Crippen LogP contribution is -2.20. The molecule has 9 nitrogen and oxygen atoms in total. The zero-order valence-corrected chi connectivity index (χ0v) is 16.6. The average molecular weight is 449 g/mol. The third kappa shape index (κ3) is 4.55. The first-order valence-electron chi connectivity index (χ1n) is 8.67. The number of anilines is 1. The highest BCUT2D eigenvalue weighted by molar-refractivity contribution is 7.88. The maximum absolute atomic E-state index is 13.0. The van der Waals surface area contributed by atoms with Crippen LogP contribution in [0.5, 0.6) is 0 Å². The Morgan fingerprint density at radius 1 is 1.10 bits per heavy atom. The molecule has 0 atom stereocenters. The van der Waals surface area contributed by atoms with Gasteiger partial charge in [0.1, 0.15) is 11.5 Å². The Morgan fingerprint density at radius 3 is 2.65 bits per heavy atom. The predicted octanol–water partition coefficient (Wildman–Crippen LogP) is 2.49. The number of aromatic nitrogens is 5. The predicted molar refractivity (Wildman–Crippen MR) is 106 cm³/mol. The number of imidazole rings is 1. The summed E-state index contributed by atoms with van der Waals surface area (Å²) in [6, 6.07) is 1.60. The van der Waals surface area contributed by atoms with Crippen molar-refractivity contribution in [3.8, 4) is 11.5 Å². The number of nitrogens with one attached hydrogen (secondary N) is 1. The molecule has 0 amide bonds. The Hall–Kier alpha value is -3.74. The Labute approximate surface area is 174 Å². The van der Waals surface area contributed by atoms with E-state index < -0.39 is 21.9 Å². The molecule has 0 saturated heterocycles. The van der Waals surface area contributed by atoms with Crippen LogP contribution in [0.3, 0.4) is 0 Å². The Morgan fingerprint density at radius 2 is 1.90 bits per heavy atom. The minimum Gasteiger partial charge on any atom is -0.308 e. The molecule has 0 unspecified atom stereocenters. The van der Waals surface area contributed by atoms with Gasteiger partial charge >= 0.3 is 6.18 Å². The van der Waals surface area contributed by atoms with Crippen molar-refractivity contribution in [2.75, 3.05) is 11.2 Å². The van der Waals surface area contributed by atoms with E-state index in [9.17, 15) is 21.6 Å². The molecule has 0 aliphatic carbocycles. The molecule has 1 aliphatic rings. The highest BCUT2D eigenvalue weighted by Gasteiger charge is 2.33. The lowest BCUT2D eigenvalue weighted by molar-refractivity contribution is -0.141. The van der Waals surface area contributed by atoms with Gasteiger partial charge in [-0.05, 0) is 24.3 Å². The molecule has 4 rings (SSSR count). The summed E-state index contributed by atoms with van der Waals surface area (Å²) in [6.07, 6.45) is 9.06. The van der Waals surface area contributed by atoms with E-state index in [0.29, 0.717) is 11.5 Å². The fraction of sp³-hybridized carbons (Fsp3) is 0.111. The SMILES string of the molecule is CS(=O)(=O)NC1=CC=CN(c2ccnc(-c3cnc4cnc(C(F)(F)F)cn34)n2)C=C1. The topological polar surface area (TPSA) is 105 Å². The first-order chi connectivity index (χ1) is 14.6. The Kier molecular flexibility index (Phi) is 4.97. The van der Waals surface area contributed by atoms with Gasteiger partial charge in [-0.15, -0.1) is 0 Å². The van der Waals surface area contributed by atoms with Crippen LogP contribution in [0.15, 0.2) is 67.2 Å². The molecule has 13 heteroatoms.